The highest BCUT2D eigenvalue weighted by Gasteiger charge is 2.06. The van der Waals surface area contributed by atoms with Crippen molar-refractivity contribution in [2.75, 3.05) is 6.54 Å². The standard InChI is InChI=1S/C12H17BrFN/c1-3-4-7-15-9(2)10-5-6-12(14)11(13)8-10/h5-6,8-9,15H,3-4,7H2,1-2H3. The van der Waals surface area contributed by atoms with E-state index < -0.39 is 0 Å². The molecule has 1 N–H and O–H groups in total. The van der Waals surface area contributed by atoms with Gasteiger partial charge >= 0.3 is 0 Å². The smallest absolute Gasteiger partial charge is 0.137 e. The first-order valence-electron chi connectivity index (χ1n) is 5.33. The van der Waals surface area contributed by atoms with Gasteiger partial charge in [0.2, 0.25) is 0 Å². The zero-order valence-electron chi connectivity index (χ0n) is 9.19. The van der Waals surface area contributed by atoms with Gasteiger partial charge in [0.1, 0.15) is 5.82 Å². The number of benzene rings is 1. The number of rotatable bonds is 5. The van der Waals surface area contributed by atoms with Gasteiger partial charge in [0.25, 0.3) is 0 Å². The maximum atomic E-state index is 13.0. The van der Waals surface area contributed by atoms with Crippen LogP contribution in [0.5, 0.6) is 0 Å². The Labute approximate surface area is 99.2 Å². The molecule has 0 aliphatic heterocycles. The zero-order valence-corrected chi connectivity index (χ0v) is 10.8. The van der Waals surface area contributed by atoms with E-state index in [-0.39, 0.29) is 11.9 Å². The minimum Gasteiger partial charge on any atom is -0.310 e. The highest BCUT2D eigenvalue weighted by Crippen LogP contribution is 2.21. The molecule has 0 heterocycles. The molecule has 0 saturated carbocycles. The molecular weight excluding hydrogens is 257 g/mol. The molecule has 1 aromatic carbocycles. The summed E-state index contributed by atoms with van der Waals surface area (Å²) in [4.78, 5) is 0. The lowest BCUT2D eigenvalue weighted by Gasteiger charge is -2.14. The van der Waals surface area contributed by atoms with Gasteiger partial charge in [0.05, 0.1) is 4.47 Å². The van der Waals surface area contributed by atoms with E-state index in [0.717, 1.165) is 12.1 Å². The summed E-state index contributed by atoms with van der Waals surface area (Å²) in [6, 6.07) is 5.42. The van der Waals surface area contributed by atoms with Crippen LogP contribution in [0.25, 0.3) is 0 Å². The Morgan fingerprint density at radius 1 is 1.47 bits per heavy atom. The lowest BCUT2D eigenvalue weighted by molar-refractivity contribution is 0.552. The van der Waals surface area contributed by atoms with E-state index >= 15 is 0 Å². The number of unbranched alkanes of at least 4 members (excludes halogenated alkanes) is 1. The van der Waals surface area contributed by atoms with E-state index in [0.29, 0.717) is 4.47 Å². The molecule has 1 unspecified atom stereocenters. The first-order valence-corrected chi connectivity index (χ1v) is 6.12. The van der Waals surface area contributed by atoms with E-state index in [1.54, 1.807) is 0 Å². The van der Waals surface area contributed by atoms with Crippen molar-refractivity contribution < 1.29 is 4.39 Å². The van der Waals surface area contributed by atoms with Gasteiger partial charge in [-0.15, -0.1) is 0 Å². The predicted molar refractivity (Wildman–Crippen MR) is 65.4 cm³/mol. The fraction of sp³-hybridized carbons (Fsp3) is 0.500. The van der Waals surface area contributed by atoms with E-state index in [9.17, 15) is 4.39 Å². The highest BCUT2D eigenvalue weighted by molar-refractivity contribution is 9.10. The first-order chi connectivity index (χ1) is 7.15. The summed E-state index contributed by atoms with van der Waals surface area (Å²) in [5.41, 5.74) is 1.11. The van der Waals surface area contributed by atoms with E-state index in [1.165, 1.54) is 18.9 Å². The van der Waals surface area contributed by atoms with Crippen molar-refractivity contribution in [3.63, 3.8) is 0 Å². The van der Waals surface area contributed by atoms with Crippen LogP contribution in [-0.4, -0.2) is 6.54 Å². The summed E-state index contributed by atoms with van der Waals surface area (Å²) in [5, 5.41) is 3.40. The molecule has 0 aliphatic rings. The molecule has 0 spiro atoms. The van der Waals surface area contributed by atoms with Crippen LogP contribution < -0.4 is 5.32 Å². The molecule has 0 saturated heterocycles. The second-order valence-corrected chi connectivity index (χ2v) is 4.56. The average Bonchev–Trinajstić information content (AvgIpc) is 2.22. The maximum Gasteiger partial charge on any atom is 0.137 e. The molecular formula is C12H17BrFN. The monoisotopic (exact) mass is 273 g/mol. The van der Waals surface area contributed by atoms with Crippen molar-refractivity contribution in [1.29, 1.82) is 0 Å². The summed E-state index contributed by atoms with van der Waals surface area (Å²) in [6.45, 7) is 5.27. The largest absolute Gasteiger partial charge is 0.310 e. The molecule has 1 atom stereocenters. The Morgan fingerprint density at radius 2 is 2.20 bits per heavy atom. The van der Waals surface area contributed by atoms with Crippen molar-refractivity contribution in [3.05, 3.63) is 34.1 Å². The molecule has 1 aromatic rings. The Balaban J connectivity index is 2.57. The van der Waals surface area contributed by atoms with E-state index in [4.69, 9.17) is 0 Å². The zero-order chi connectivity index (χ0) is 11.3. The first kappa shape index (κ1) is 12.7. The fourth-order valence-electron chi connectivity index (χ4n) is 1.39. The van der Waals surface area contributed by atoms with Gasteiger partial charge < -0.3 is 5.32 Å². The minimum atomic E-state index is -0.209. The third-order valence-electron chi connectivity index (χ3n) is 2.42. The molecule has 0 fully saturated rings. The molecule has 0 amide bonds. The lowest BCUT2D eigenvalue weighted by atomic mass is 10.1. The van der Waals surface area contributed by atoms with Crippen LogP contribution in [-0.2, 0) is 0 Å². The summed E-state index contributed by atoms with van der Waals surface area (Å²) in [6.07, 6.45) is 2.36. The molecule has 15 heavy (non-hydrogen) atoms. The molecule has 1 nitrogen and oxygen atoms in total. The van der Waals surface area contributed by atoms with Gasteiger partial charge in [0, 0.05) is 6.04 Å². The van der Waals surface area contributed by atoms with Gasteiger partial charge in [0.15, 0.2) is 0 Å². The quantitative estimate of drug-likeness (QED) is 0.799. The van der Waals surface area contributed by atoms with Gasteiger partial charge in [-0.1, -0.05) is 19.4 Å². The maximum absolute atomic E-state index is 13.0. The van der Waals surface area contributed by atoms with Gasteiger partial charge in [-0.25, -0.2) is 4.39 Å². The predicted octanol–water partition coefficient (Wildman–Crippen LogP) is 4.04. The van der Waals surface area contributed by atoms with Crippen molar-refractivity contribution in [1.82, 2.24) is 5.32 Å². The molecule has 0 aromatic heterocycles. The lowest BCUT2D eigenvalue weighted by Crippen LogP contribution is -2.19. The number of nitrogens with one attached hydrogen (secondary N) is 1. The number of hydrogen-bond donors (Lipinski definition) is 1. The highest BCUT2D eigenvalue weighted by atomic mass is 79.9. The summed E-state index contributed by atoms with van der Waals surface area (Å²) >= 11 is 3.19. The second kappa shape index (κ2) is 6.23. The minimum absolute atomic E-state index is 0.209. The van der Waals surface area contributed by atoms with Crippen LogP contribution in [0.1, 0.15) is 38.3 Å². The molecule has 84 valence electrons. The Hall–Kier alpha value is -0.410. The van der Waals surface area contributed by atoms with Gasteiger partial charge in [-0.2, -0.15) is 0 Å². The van der Waals surface area contributed by atoms with Crippen molar-refractivity contribution in [2.45, 2.75) is 32.7 Å². The topological polar surface area (TPSA) is 12.0 Å². The van der Waals surface area contributed by atoms with Crippen LogP contribution in [0.2, 0.25) is 0 Å². The van der Waals surface area contributed by atoms with E-state index in [2.05, 4.69) is 35.1 Å². The normalized spacial score (nSPS) is 12.8. The average molecular weight is 274 g/mol. The SMILES string of the molecule is CCCCNC(C)c1ccc(F)c(Br)c1. The summed E-state index contributed by atoms with van der Waals surface area (Å²) in [5.74, 6) is -0.209. The third kappa shape index (κ3) is 3.92. The van der Waals surface area contributed by atoms with Crippen molar-refractivity contribution in [3.8, 4) is 0 Å². The molecule has 0 aliphatic carbocycles. The van der Waals surface area contributed by atoms with Crippen LogP contribution in [0.4, 0.5) is 4.39 Å². The van der Waals surface area contributed by atoms with Crippen LogP contribution in [0, 0.1) is 5.82 Å². The number of halogens is 2. The Bertz CT molecular complexity index is 314. The summed E-state index contributed by atoms with van der Waals surface area (Å²) < 4.78 is 13.5. The summed E-state index contributed by atoms with van der Waals surface area (Å²) in [7, 11) is 0. The van der Waals surface area contributed by atoms with Crippen molar-refractivity contribution in [2.24, 2.45) is 0 Å². The molecule has 1 rings (SSSR count). The third-order valence-corrected chi connectivity index (χ3v) is 3.03. The van der Waals surface area contributed by atoms with Crippen LogP contribution >= 0.6 is 15.9 Å². The molecule has 3 heteroatoms. The Kier molecular flexibility index (Phi) is 5.26. The Morgan fingerprint density at radius 3 is 2.80 bits per heavy atom. The van der Waals surface area contributed by atoms with Crippen molar-refractivity contribution >= 4 is 15.9 Å². The molecule has 0 bridgehead atoms. The van der Waals surface area contributed by atoms with Gasteiger partial charge in [-0.05, 0) is 53.5 Å². The number of hydrogen-bond acceptors (Lipinski definition) is 1. The molecule has 0 radical (unpaired) electrons. The van der Waals surface area contributed by atoms with Crippen LogP contribution in [0.15, 0.2) is 22.7 Å². The van der Waals surface area contributed by atoms with E-state index in [1.807, 2.05) is 12.1 Å². The second-order valence-electron chi connectivity index (χ2n) is 3.70. The van der Waals surface area contributed by atoms with Gasteiger partial charge in [-0.3, -0.25) is 0 Å². The fourth-order valence-corrected chi connectivity index (χ4v) is 1.79. The van der Waals surface area contributed by atoms with Crippen LogP contribution in [0.3, 0.4) is 0 Å².